The molecule has 0 atom stereocenters. The maximum atomic E-state index is 11.7. The number of likely N-dealkylation sites (tertiary alicyclic amines) is 1. The van der Waals surface area contributed by atoms with Crippen molar-refractivity contribution < 1.29 is 9.90 Å². The molecule has 0 saturated carbocycles. The van der Waals surface area contributed by atoms with Gasteiger partial charge in [-0.05, 0) is 43.5 Å². The zero-order valence-electron chi connectivity index (χ0n) is 10.7. The van der Waals surface area contributed by atoms with Gasteiger partial charge in [0.15, 0.2) is 0 Å². The third kappa shape index (κ3) is 3.01. The van der Waals surface area contributed by atoms with Gasteiger partial charge in [-0.15, -0.1) is 0 Å². The average molecular weight is 248 g/mol. The van der Waals surface area contributed by atoms with Crippen LogP contribution in [0.2, 0.25) is 0 Å². The second kappa shape index (κ2) is 5.87. The molecule has 2 rings (SSSR count). The first-order valence-electron chi connectivity index (χ1n) is 6.42. The summed E-state index contributed by atoms with van der Waals surface area (Å²) < 4.78 is 0. The summed E-state index contributed by atoms with van der Waals surface area (Å²) in [5, 5.41) is 12.2. The molecule has 4 nitrogen and oxygen atoms in total. The number of rotatable bonds is 3. The van der Waals surface area contributed by atoms with Crippen LogP contribution in [0.3, 0.4) is 0 Å². The number of amides is 1. The summed E-state index contributed by atoms with van der Waals surface area (Å²) in [7, 11) is 1.79. The summed E-state index contributed by atoms with van der Waals surface area (Å²) in [4.78, 5) is 13.6. The predicted molar refractivity (Wildman–Crippen MR) is 70.6 cm³/mol. The first-order chi connectivity index (χ1) is 8.70. The number of hydrogen-bond donors (Lipinski definition) is 2. The molecule has 1 aromatic rings. The van der Waals surface area contributed by atoms with Crippen LogP contribution in [-0.2, 0) is 4.79 Å². The third-order valence-corrected chi connectivity index (χ3v) is 3.54. The van der Waals surface area contributed by atoms with Crippen LogP contribution in [0.15, 0.2) is 24.3 Å². The molecule has 0 spiro atoms. The van der Waals surface area contributed by atoms with Gasteiger partial charge in [0.2, 0.25) is 5.91 Å². The Morgan fingerprint density at radius 3 is 2.50 bits per heavy atom. The van der Waals surface area contributed by atoms with E-state index >= 15 is 0 Å². The molecule has 1 aliphatic rings. The fourth-order valence-electron chi connectivity index (χ4n) is 2.47. The Bertz CT molecular complexity index is 395. The molecule has 1 aromatic carbocycles. The van der Waals surface area contributed by atoms with Gasteiger partial charge in [-0.25, -0.2) is 0 Å². The quantitative estimate of drug-likeness (QED) is 0.848. The minimum Gasteiger partial charge on any atom is -0.508 e. The Labute approximate surface area is 108 Å². The summed E-state index contributed by atoms with van der Waals surface area (Å²) in [6.07, 6.45) is 2.00. The van der Waals surface area contributed by atoms with Gasteiger partial charge in [0.25, 0.3) is 0 Å². The van der Waals surface area contributed by atoms with E-state index in [4.69, 9.17) is 0 Å². The van der Waals surface area contributed by atoms with Gasteiger partial charge in [0, 0.05) is 13.1 Å². The van der Waals surface area contributed by atoms with Crippen molar-refractivity contribution in [3.63, 3.8) is 0 Å². The number of aromatic hydroxyl groups is 1. The normalized spacial score (nSPS) is 16.8. The molecule has 0 aromatic heterocycles. The van der Waals surface area contributed by atoms with Crippen molar-refractivity contribution >= 4 is 5.91 Å². The molecule has 1 aliphatic heterocycles. The highest BCUT2D eigenvalue weighted by Crippen LogP contribution is 2.28. The molecule has 4 heteroatoms. The van der Waals surface area contributed by atoms with E-state index < -0.39 is 0 Å². The van der Waals surface area contributed by atoms with E-state index in [0.29, 0.717) is 18.2 Å². The van der Waals surface area contributed by atoms with Gasteiger partial charge in [0.1, 0.15) is 5.75 Å². The Hall–Kier alpha value is -1.55. The van der Waals surface area contributed by atoms with Crippen LogP contribution in [0.5, 0.6) is 5.75 Å². The number of phenols is 1. The largest absolute Gasteiger partial charge is 0.508 e. The molecule has 1 amide bonds. The van der Waals surface area contributed by atoms with Crippen molar-refractivity contribution in [2.45, 2.75) is 18.8 Å². The SMILES string of the molecule is CNCC(=O)N1CCC(c2ccc(O)cc2)CC1. The van der Waals surface area contributed by atoms with Crippen LogP contribution in [0.25, 0.3) is 0 Å². The molecule has 0 bridgehead atoms. The highest BCUT2D eigenvalue weighted by molar-refractivity contribution is 5.78. The molecule has 98 valence electrons. The van der Waals surface area contributed by atoms with Gasteiger partial charge in [0.05, 0.1) is 6.54 Å². The van der Waals surface area contributed by atoms with Gasteiger partial charge in [-0.1, -0.05) is 12.1 Å². The highest BCUT2D eigenvalue weighted by Gasteiger charge is 2.23. The summed E-state index contributed by atoms with van der Waals surface area (Å²) in [6.45, 7) is 2.07. The maximum Gasteiger partial charge on any atom is 0.236 e. The van der Waals surface area contributed by atoms with Crippen LogP contribution in [0, 0.1) is 0 Å². The number of phenolic OH excluding ortho intramolecular Hbond substituents is 1. The first-order valence-corrected chi connectivity index (χ1v) is 6.42. The lowest BCUT2D eigenvalue weighted by Crippen LogP contribution is -2.41. The van der Waals surface area contributed by atoms with Crippen LogP contribution in [0.1, 0.15) is 24.3 Å². The smallest absolute Gasteiger partial charge is 0.236 e. The van der Waals surface area contributed by atoms with E-state index in [2.05, 4.69) is 5.32 Å². The number of carbonyl (C=O) groups is 1. The number of carbonyl (C=O) groups excluding carboxylic acids is 1. The van der Waals surface area contributed by atoms with Crippen molar-refractivity contribution in [1.82, 2.24) is 10.2 Å². The van der Waals surface area contributed by atoms with Crippen LogP contribution >= 0.6 is 0 Å². The number of nitrogens with one attached hydrogen (secondary N) is 1. The summed E-state index contributed by atoms with van der Waals surface area (Å²) in [5.74, 6) is 0.992. The van der Waals surface area contributed by atoms with Gasteiger partial charge in [-0.2, -0.15) is 0 Å². The molecule has 1 fully saturated rings. The average Bonchev–Trinajstić information content (AvgIpc) is 2.40. The number of benzene rings is 1. The Morgan fingerprint density at radius 1 is 1.33 bits per heavy atom. The summed E-state index contributed by atoms with van der Waals surface area (Å²) >= 11 is 0. The molecular weight excluding hydrogens is 228 g/mol. The molecular formula is C14H20N2O2. The number of piperidine rings is 1. The second-order valence-corrected chi connectivity index (χ2v) is 4.78. The van der Waals surface area contributed by atoms with Gasteiger partial charge in [-0.3, -0.25) is 4.79 Å². The first kappa shape index (κ1) is 12.9. The maximum absolute atomic E-state index is 11.7. The molecule has 1 heterocycles. The van der Waals surface area contributed by atoms with Crippen LogP contribution in [-0.4, -0.2) is 42.6 Å². The zero-order valence-corrected chi connectivity index (χ0v) is 10.7. The van der Waals surface area contributed by atoms with Gasteiger partial charge >= 0.3 is 0 Å². The lowest BCUT2D eigenvalue weighted by molar-refractivity contribution is -0.131. The fraction of sp³-hybridized carbons (Fsp3) is 0.500. The Morgan fingerprint density at radius 2 is 1.94 bits per heavy atom. The molecule has 2 N–H and O–H groups in total. The lowest BCUT2D eigenvalue weighted by Gasteiger charge is -2.32. The van der Waals surface area contributed by atoms with E-state index in [0.717, 1.165) is 25.9 Å². The molecule has 0 unspecified atom stereocenters. The lowest BCUT2D eigenvalue weighted by atomic mass is 9.89. The molecule has 18 heavy (non-hydrogen) atoms. The zero-order chi connectivity index (χ0) is 13.0. The predicted octanol–water partition coefficient (Wildman–Crippen LogP) is 1.32. The minimum atomic E-state index is 0.182. The number of nitrogens with zero attached hydrogens (tertiary/aromatic N) is 1. The summed E-state index contributed by atoms with van der Waals surface area (Å²) in [5.41, 5.74) is 1.26. The fourth-order valence-corrected chi connectivity index (χ4v) is 2.47. The van der Waals surface area contributed by atoms with Crippen molar-refractivity contribution in [3.8, 4) is 5.75 Å². The van der Waals surface area contributed by atoms with E-state index in [1.807, 2.05) is 17.0 Å². The molecule has 0 radical (unpaired) electrons. The van der Waals surface area contributed by atoms with Crippen molar-refractivity contribution in [2.24, 2.45) is 0 Å². The Kier molecular flexibility index (Phi) is 4.20. The van der Waals surface area contributed by atoms with Crippen molar-refractivity contribution in [2.75, 3.05) is 26.7 Å². The van der Waals surface area contributed by atoms with Crippen LogP contribution in [0.4, 0.5) is 0 Å². The minimum absolute atomic E-state index is 0.182. The highest BCUT2D eigenvalue weighted by atomic mass is 16.3. The van der Waals surface area contributed by atoms with Crippen molar-refractivity contribution in [1.29, 1.82) is 0 Å². The van der Waals surface area contributed by atoms with Crippen molar-refractivity contribution in [3.05, 3.63) is 29.8 Å². The molecule has 1 saturated heterocycles. The van der Waals surface area contributed by atoms with E-state index in [1.165, 1.54) is 5.56 Å². The standard InChI is InChI=1S/C14H20N2O2/c1-15-10-14(18)16-8-6-12(7-9-16)11-2-4-13(17)5-3-11/h2-5,12,15,17H,6-10H2,1H3. The van der Waals surface area contributed by atoms with E-state index in [-0.39, 0.29) is 5.91 Å². The monoisotopic (exact) mass is 248 g/mol. The molecule has 0 aliphatic carbocycles. The number of likely N-dealkylation sites (N-methyl/N-ethyl adjacent to an activating group) is 1. The third-order valence-electron chi connectivity index (χ3n) is 3.54. The van der Waals surface area contributed by atoms with E-state index in [9.17, 15) is 9.90 Å². The topological polar surface area (TPSA) is 52.6 Å². The van der Waals surface area contributed by atoms with E-state index in [1.54, 1.807) is 19.2 Å². The second-order valence-electron chi connectivity index (χ2n) is 4.78. The summed E-state index contributed by atoms with van der Waals surface area (Å²) in [6, 6.07) is 7.41. The van der Waals surface area contributed by atoms with Gasteiger partial charge < -0.3 is 15.3 Å². The Balaban J connectivity index is 1.90. The number of hydrogen-bond acceptors (Lipinski definition) is 3. The van der Waals surface area contributed by atoms with Crippen LogP contribution < -0.4 is 5.32 Å².